The Bertz CT molecular complexity index is 966. The van der Waals surface area contributed by atoms with E-state index in [2.05, 4.69) is 10.3 Å². The van der Waals surface area contributed by atoms with E-state index in [-0.39, 0.29) is 23.2 Å². The summed E-state index contributed by atoms with van der Waals surface area (Å²) in [6.07, 6.45) is 2.02. The zero-order valence-corrected chi connectivity index (χ0v) is 15.5. The smallest absolute Gasteiger partial charge is 0.332 e. The fourth-order valence-electron chi connectivity index (χ4n) is 2.35. The third-order valence-corrected chi connectivity index (χ3v) is 4.24. The van der Waals surface area contributed by atoms with Crippen LogP contribution in [-0.2, 0) is 35.0 Å². The fourth-order valence-corrected chi connectivity index (χ4v) is 2.35. The number of carbonyl (C=O) groups excluding carboxylic acids is 2. The summed E-state index contributed by atoms with van der Waals surface area (Å²) >= 11 is 0. The fraction of sp³-hybridized carbons (Fsp3) is 0.562. The Hall–Kier alpha value is -2.91. The van der Waals surface area contributed by atoms with Gasteiger partial charge in [0.25, 0.3) is 11.5 Å². The highest BCUT2D eigenvalue weighted by molar-refractivity contribution is 5.81. The van der Waals surface area contributed by atoms with E-state index in [1.54, 1.807) is 0 Å². The SMILES string of the molecule is CCC(C)(C)NC(=O)COC(=O)Cn1cnc2c1c(=O)n(C)c(=O)n2C. The minimum atomic E-state index is -0.690. The minimum absolute atomic E-state index is 0.114. The Balaban J connectivity index is 2.12. The van der Waals surface area contributed by atoms with Gasteiger partial charge in [0.2, 0.25) is 0 Å². The first-order chi connectivity index (χ1) is 12.1. The Morgan fingerprint density at radius 1 is 1.23 bits per heavy atom. The summed E-state index contributed by atoms with van der Waals surface area (Å²) in [7, 11) is 2.83. The monoisotopic (exact) mass is 365 g/mol. The normalized spacial score (nSPS) is 11.6. The Morgan fingerprint density at radius 2 is 1.88 bits per heavy atom. The average molecular weight is 365 g/mol. The molecule has 10 heteroatoms. The summed E-state index contributed by atoms with van der Waals surface area (Å²) in [6, 6.07) is 0. The van der Waals surface area contributed by atoms with Gasteiger partial charge >= 0.3 is 11.7 Å². The van der Waals surface area contributed by atoms with Crippen molar-refractivity contribution in [3.05, 3.63) is 27.2 Å². The topological polar surface area (TPSA) is 117 Å². The van der Waals surface area contributed by atoms with Crippen LogP contribution in [-0.4, -0.2) is 42.7 Å². The molecule has 1 N–H and O–H groups in total. The molecule has 142 valence electrons. The predicted molar refractivity (Wildman–Crippen MR) is 93.7 cm³/mol. The second kappa shape index (κ2) is 7.14. The van der Waals surface area contributed by atoms with Gasteiger partial charge in [0, 0.05) is 19.6 Å². The Morgan fingerprint density at radius 3 is 2.50 bits per heavy atom. The second-order valence-electron chi connectivity index (χ2n) is 6.70. The molecule has 0 spiro atoms. The van der Waals surface area contributed by atoms with E-state index in [0.717, 1.165) is 11.0 Å². The number of hydrogen-bond donors (Lipinski definition) is 1. The second-order valence-corrected chi connectivity index (χ2v) is 6.70. The van der Waals surface area contributed by atoms with Gasteiger partial charge in [0.1, 0.15) is 6.54 Å². The number of fused-ring (bicyclic) bond motifs is 1. The van der Waals surface area contributed by atoms with Crippen LogP contribution in [0.3, 0.4) is 0 Å². The molecular weight excluding hydrogens is 342 g/mol. The van der Waals surface area contributed by atoms with Crippen LogP contribution in [0.2, 0.25) is 0 Å². The maximum atomic E-state index is 12.3. The average Bonchev–Trinajstić information content (AvgIpc) is 2.99. The van der Waals surface area contributed by atoms with Gasteiger partial charge in [0.05, 0.1) is 6.33 Å². The molecule has 1 amide bonds. The van der Waals surface area contributed by atoms with Gasteiger partial charge in [-0.2, -0.15) is 0 Å². The molecule has 0 radical (unpaired) electrons. The molecule has 0 atom stereocenters. The molecule has 10 nitrogen and oxygen atoms in total. The van der Waals surface area contributed by atoms with E-state index in [4.69, 9.17) is 4.74 Å². The van der Waals surface area contributed by atoms with Crippen molar-refractivity contribution in [2.45, 2.75) is 39.3 Å². The number of carbonyl (C=O) groups is 2. The zero-order valence-electron chi connectivity index (χ0n) is 15.5. The number of aromatic nitrogens is 4. The lowest BCUT2D eigenvalue weighted by atomic mass is 10.0. The van der Waals surface area contributed by atoms with Crippen LogP contribution in [0.4, 0.5) is 0 Å². The van der Waals surface area contributed by atoms with Gasteiger partial charge < -0.3 is 14.6 Å². The van der Waals surface area contributed by atoms with Crippen LogP contribution in [0, 0.1) is 0 Å². The molecule has 0 bridgehead atoms. The summed E-state index contributed by atoms with van der Waals surface area (Å²) in [4.78, 5) is 52.0. The highest BCUT2D eigenvalue weighted by Crippen LogP contribution is 2.07. The first-order valence-electron chi connectivity index (χ1n) is 8.15. The number of imidazole rings is 1. The van der Waals surface area contributed by atoms with Gasteiger partial charge in [-0.1, -0.05) is 6.92 Å². The number of aryl methyl sites for hydroxylation is 1. The predicted octanol–water partition coefficient (Wildman–Crippen LogP) is -0.718. The van der Waals surface area contributed by atoms with Crippen LogP contribution in [0.25, 0.3) is 11.2 Å². The molecule has 0 aliphatic carbocycles. The van der Waals surface area contributed by atoms with E-state index in [0.29, 0.717) is 0 Å². The maximum absolute atomic E-state index is 12.3. The summed E-state index contributed by atoms with van der Waals surface area (Å²) in [6.45, 7) is 4.96. The summed E-state index contributed by atoms with van der Waals surface area (Å²) in [5, 5.41) is 2.75. The maximum Gasteiger partial charge on any atom is 0.332 e. The van der Waals surface area contributed by atoms with Crippen LogP contribution in [0.15, 0.2) is 15.9 Å². The number of amides is 1. The van der Waals surface area contributed by atoms with Crippen molar-refractivity contribution in [2.75, 3.05) is 6.61 Å². The van der Waals surface area contributed by atoms with Crippen molar-refractivity contribution in [1.82, 2.24) is 24.0 Å². The van der Waals surface area contributed by atoms with Crippen molar-refractivity contribution in [1.29, 1.82) is 0 Å². The third kappa shape index (κ3) is 3.84. The van der Waals surface area contributed by atoms with Gasteiger partial charge in [0.15, 0.2) is 17.8 Å². The molecule has 0 aromatic carbocycles. The highest BCUT2D eigenvalue weighted by atomic mass is 16.5. The molecule has 26 heavy (non-hydrogen) atoms. The zero-order chi connectivity index (χ0) is 19.6. The van der Waals surface area contributed by atoms with Gasteiger partial charge in [-0.15, -0.1) is 0 Å². The molecular formula is C16H23N5O5. The van der Waals surface area contributed by atoms with E-state index in [1.807, 2.05) is 20.8 Å². The molecule has 0 unspecified atom stereocenters. The number of nitrogens with zero attached hydrogens (tertiary/aromatic N) is 4. The highest BCUT2D eigenvalue weighted by Gasteiger charge is 2.20. The molecule has 0 aliphatic rings. The molecule has 0 saturated carbocycles. The van der Waals surface area contributed by atoms with E-state index < -0.39 is 29.7 Å². The Labute approximate surface area is 149 Å². The summed E-state index contributed by atoms with van der Waals surface area (Å²) in [5.74, 6) is -1.09. The molecule has 0 saturated heterocycles. The first kappa shape index (κ1) is 19.4. The molecule has 0 fully saturated rings. The molecule has 0 aliphatic heterocycles. The van der Waals surface area contributed by atoms with Crippen LogP contribution >= 0.6 is 0 Å². The van der Waals surface area contributed by atoms with Gasteiger partial charge in [-0.3, -0.25) is 23.5 Å². The number of esters is 1. The summed E-state index contributed by atoms with van der Waals surface area (Å²) in [5.41, 5.74) is -1.17. The van der Waals surface area contributed by atoms with Crippen molar-refractivity contribution in [2.24, 2.45) is 14.1 Å². The van der Waals surface area contributed by atoms with E-state index in [9.17, 15) is 19.2 Å². The quantitative estimate of drug-likeness (QED) is 0.675. The minimum Gasteiger partial charge on any atom is -0.454 e. The van der Waals surface area contributed by atoms with Crippen molar-refractivity contribution >= 4 is 23.0 Å². The van der Waals surface area contributed by atoms with Crippen molar-refractivity contribution in [3.63, 3.8) is 0 Å². The lowest BCUT2D eigenvalue weighted by Gasteiger charge is -2.24. The largest absolute Gasteiger partial charge is 0.454 e. The summed E-state index contributed by atoms with van der Waals surface area (Å²) < 4.78 is 8.42. The van der Waals surface area contributed by atoms with Crippen LogP contribution in [0.1, 0.15) is 27.2 Å². The number of ether oxygens (including phenoxy) is 1. The molecule has 2 aromatic rings. The molecule has 2 rings (SSSR count). The standard InChI is InChI=1S/C16H23N5O5/c1-6-16(2,3)18-10(22)8-26-11(23)7-21-9-17-13-12(21)14(24)20(5)15(25)19(13)4/h9H,6-8H2,1-5H3,(H,18,22). The van der Waals surface area contributed by atoms with Crippen LogP contribution in [0.5, 0.6) is 0 Å². The van der Waals surface area contributed by atoms with Gasteiger partial charge in [-0.25, -0.2) is 9.78 Å². The van der Waals surface area contributed by atoms with Crippen molar-refractivity contribution in [3.8, 4) is 0 Å². The third-order valence-electron chi connectivity index (χ3n) is 4.24. The van der Waals surface area contributed by atoms with Crippen molar-refractivity contribution < 1.29 is 14.3 Å². The van der Waals surface area contributed by atoms with E-state index in [1.165, 1.54) is 29.6 Å². The number of nitrogens with one attached hydrogen (secondary N) is 1. The van der Waals surface area contributed by atoms with Crippen LogP contribution < -0.4 is 16.6 Å². The van der Waals surface area contributed by atoms with Gasteiger partial charge in [-0.05, 0) is 20.3 Å². The van der Waals surface area contributed by atoms with E-state index >= 15 is 0 Å². The first-order valence-corrected chi connectivity index (χ1v) is 8.15. The molecule has 2 aromatic heterocycles. The molecule has 2 heterocycles. The lowest BCUT2D eigenvalue weighted by Crippen LogP contribution is -2.44. The lowest BCUT2D eigenvalue weighted by molar-refractivity contribution is -0.149. The number of hydrogen-bond acceptors (Lipinski definition) is 6. The number of rotatable bonds is 6. The Kier molecular flexibility index (Phi) is 5.33.